The molecule has 188 valence electrons. The van der Waals surface area contributed by atoms with Crippen LogP contribution in [-0.4, -0.2) is 47.1 Å². The van der Waals surface area contributed by atoms with Crippen LogP contribution >= 0.6 is 0 Å². The predicted molar refractivity (Wildman–Crippen MR) is 133 cm³/mol. The summed E-state index contributed by atoms with van der Waals surface area (Å²) in [5.74, 6) is 0.711. The van der Waals surface area contributed by atoms with E-state index in [2.05, 4.69) is 10.6 Å². The molecule has 2 N–H and O–H groups in total. The van der Waals surface area contributed by atoms with E-state index in [9.17, 15) is 9.59 Å². The van der Waals surface area contributed by atoms with Gasteiger partial charge in [-0.05, 0) is 59.2 Å². The van der Waals surface area contributed by atoms with Gasteiger partial charge in [-0.2, -0.15) is 5.10 Å². The first-order valence-corrected chi connectivity index (χ1v) is 11.7. The van der Waals surface area contributed by atoms with E-state index in [-0.39, 0.29) is 18.4 Å². The SMILES string of the molecule is COc1ccc(Cn2nc(CC(=O)NC(C)C)c(C(C)(C)CNC(=O)OC(C)(C)C)c2C)cc1. The summed E-state index contributed by atoms with van der Waals surface area (Å²) in [5, 5.41) is 10.7. The first kappa shape index (κ1) is 27.2. The molecule has 2 amide bonds. The second-order valence-corrected chi connectivity index (χ2v) is 10.6. The summed E-state index contributed by atoms with van der Waals surface area (Å²) in [7, 11) is 1.64. The normalized spacial score (nSPS) is 11.9. The highest BCUT2D eigenvalue weighted by Crippen LogP contribution is 2.30. The molecule has 0 fully saturated rings. The molecule has 1 aromatic heterocycles. The molecule has 0 spiro atoms. The van der Waals surface area contributed by atoms with Gasteiger partial charge in [-0.25, -0.2) is 4.79 Å². The fraction of sp³-hybridized carbons (Fsp3) is 0.577. The van der Waals surface area contributed by atoms with Crippen molar-refractivity contribution in [3.05, 3.63) is 46.8 Å². The van der Waals surface area contributed by atoms with Gasteiger partial charge in [0.1, 0.15) is 11.4 Å². The molecule has 0 unspecified atom stereocenters. The lowest BCUT2D eigenvalue weighted by molar-refractivity contribution is -0.121. The molecule has 8 heteroatoms. The van der Waals surface area contributed by atoms with Crippen molar-refractivity contribution < 1.29 is 19.1 Å². The molecule has 1 aromatic carbocycles. The van der Waals surface area contributed by atoms with Crippen LogP contribution in [0.5, 0.6) is 5.75 Å². The van der Waals surface area contributed by atoms with E-state index in [0.717, 1.165) is 22.6 Å². The summed E-state index contributed by atoms with van der Waals surface area (Å²) in [6, 6.07) is 7.88. The smallest absolute Gasteiger partial charge is 0.407 e. The summed E-state index contributed by atoms with van der Waals surface area (Å²) in [4.78, 5) is 24.9. The Morgan fingerprint density at radius 3 is 2.24 bits per heavy atom. The molecule has 0 bridgehead atoms. The van der Waals surface area contributed by atoms with Gasteiger partial charge in [0.2, 0.25) is 5.91 Å². The molecule has 0 aliphatic rings. The van der Waals surface area contributed by atoms with E-state index in [4.69, 9.17) is 14.6 Å². The number of hydrogen-bond donors (Lipinski definition) is 2. The molecule has 0 saturated carbocycles. The molecular weight excluding hydrogens is 432 g/mol. The van der Waals surface area contributed by atoms with Gasteiger partial charge in [0, 0.05) is 29.3 Å². The van der Waals surface area contributed by atoms with Gasteiger partial charge in [0.25, 0.3) is 0 Å². The van der Waals surface area contributed by atoms with Gasteiger partial charge in [-0.3, -0.25) is 9.48 Å². The summed E-state index contributed by atoms with van der Waals surface area (Å²) in [6.07, 6.45) is -0.303. The lowest BCUT2D eigenvalue weighted by atomic mass is 9.82. The number of alkyl carbamates (subject to hydrolysis) is 1. The van der Waals surface area contributed by atoms with E-state index in [1.807, 2.05) is 84.3 Å². The monoisotopic (exact) mass is 472 g/mol. The Hall–Kier alpha value is -3.03. The maximum atomic E-state index is 12.6. The average molecular weight is 473 g/mol. The van der Waals surface area contributed by atoms with Gasteiger partial charge in [0.15, 0.2) is 0 Å². The van der Waals surface area contributed by atoms with Crippen molar-refractivity contribution in [2.75, 3.05) is 13.7 Å². The Bertz CT molecular complexity index is 985. The average Bonchev–Trinajstić information content (AvgIpc) is 3.00. The second kappa shape index (κ2) is 10.9. The van der Waals surface area contributed by atoms with E-state index in [1.165, 1.54) is 0 Å². The molecule has 0 saturated heterocycles. The van der Waals surface area contributed by atoms with E-state index in [1.54, 1.807) is 7.11 Å². The summed E-state index contributed by atoms with van der Waals surface area (Å²) in [6.45, 7) is 16.3. The fourth-order valence-electron chi connectivity index (χ4n) is 3.89. The highest BCUT2D eigenvalue weighted by molar-refractivity contribution is 5.79. The van der Waals surface area contributed by atoms with Crippen molar-refractivity contribution in [2.24, 2.45) is 0 Å². The summed E-state index contributed by atoms with van der Waals surface area (Å²) >= 11 is 0. The number of benzene rings is 1. The van der Waals surface area contributed by atoms with Crippen LogP contribution < -0.4 is 15.4 Å². The minimum atomic E-state index is -0.576. The van der Waals surface area contributed by atoms with Gasteiger partial charge >= 0.3 is 6.09 Å². The van der Waals surface area contributed by atoms with Crippen molar-refractivity contribution in [1.82, 2.24) is 20.4 Å². The molecule has 8 nitrogen and oxygen atoms in total. The van der Waals surface area contributed by atoms with Crippen molar-refractivity contribution in [2.45, 2.75) is 85.4 Å². The Balaban J connectivity index is 2.35. The zero-order valence-corrected chi connectivity index (χ0v) is 22.0. The Labute approximate surface area is 203 Å². The lowest BCUT2D eigenvalue weighted by Crippen LogP contribution is -2.40. The Morgan fingerprint density at radius 2 is 1.71 bits per heavy atom. The number of rotatable bonds is 9. The number of nitrogens with zero attached hydrogens (tertiary/aromatic N) is 2. The molecule has 2 rings (SSSR count). The molecule has 2 aromatic rings. The number of methoxy groups -OCH3 is 1. The predicted octanol–water partition coefficient (Wildman–Crippen LogP) is 4.12. The highest BCUT2D eigenvalue weighted by Gasteiger charge is 2.31. The minimum Gasteiger partial charge on any atom is -0.497 e. The van der Waals surface area contributed by atoms with Gasteiger partial charge < -0.3 is 20.1 Å². The van der Waals surface area contributed by atoms with Crippen LogP contribution in [0, 0.1) is 6.92 Å². The van der Waals surface area contributed by atoms with Crippen LogP contribution in [-0.2, 0) is 27.9 Å². The fourth-order valence-corrected chi connectivity index (χ4v) is 3.89. The molecule has 34 heavy (non-hydrogen) atoms. The van der Waals surface area contributed by atoms with Crippen molar-refractivity contribution >= 4 is 12.0 Å². The van der Waals surface area contributed by atoms with Gasteiger partial charge in [0.05, 0.1) is 25.8 Å². The highest BCUT2D eigenvalue weighted by atomic mass is 16.6. The van der Waals surface area contributed by atoms with Crippen molar-refractivity contribution in [3.8, 4) is 5.75 Å². The van der Waals surface area contributed by atoms with Crippen LogP contribution in [0.15, 0.2) is 24.3 Å². The zero-order chi connectivity index (χ0) is 25.7. The molecule has 0 radical (unpaired) electrons. The molecule has 0 atom stereocenters. The number of carbonyl (C=O) groups is 2. The van der Waals surface area contributed by atoms with Crippen LogP contribution in [0.4, 0.5) is 4.79 Å². The molecule has 1 heterocycles. The number of ether oxygens (including phenoxy) is 2. The number of carbonyl (C=O) groups excluding carboxylic acids is 2. The van der Waals surface area contributed by atoms with E-state index in [0.29, 0.717) is 18.8 Å². The van der Waals surface area contributed by atoms with Crippen LogP contribution in [0.1, 0.15) is 71.0 Å². The number of hydrogen-bond acceptors (Lipinski definition) is 5. The number of amides is 2. The summed E-state index contributed by atoms with van der Waals surface area (Å²) < 4.78 is 12.6. The topological polar surface area (TPSA) is 94.5 Å². The molecular formula is C26H40N4O4. The minimum absolute atomic E-state index is 0.0419. The maximum Gasteiger partial charge on any atom is 0.407 e. The third-order valence-corrected chi connectivity index (χ3v) is 5.30. The van der Waals surface area contributed by atoms with Crippen molar-refractivity contribution in [1.29, 1.82) is 0 Å². The third kappa shape index (κ3) is 7.78. The Kier molecular flexibility index (Phi) is 8.75. The first-order valence-electron chi connectivity index (χ1n) is 11.7. The molecule has 0 aliphatic heterocycles. The second-order valence-electron chi connectivity index (χ2n) is 10.6. The number of aromatic nitrogens is 2. The zero-order valence-electron chi connectivity index (χ0n) is 22.0. The molecule has 0 aliphatic carbocycles. The quantitative estimate of drug-likeness (QED) is 0.573. The number of nitrogens with one attached hydrogen (secondary N) is 2. The Morgan fingerprint density at radius 1 is 1.09 bits per heavy atom. The largest absolute Gasteiger partial charge is 0.497 e. The van der Waals surface area contributed by atoms with Crippen LogP contribution in [0.25, 0.3) is 0 Å². The summed E-state index contributed by atoms with van der Waals surface area (Å²) in [5.41, 5.74) is 2.64. The maximum absolute atomic E-state index is 12.6. The van der Waals surface area contributed by atoms with Crippen molar-refractivity contribution in [3.63, 3.8) is 0 Å². The van der Waals surface area contributed by atoms with Gasteiger partial charge in [-0.15, -0.1) is 0 Å². The van der Waals surface area contributed by atoms with Crippen LogP contribution in [0.2, 0.25) is 0 Å². The third-order valence-electron chi connectivity index (χ3n) is 5.30. The van der Waals surface area contributed by atoms with Crippen LogP contribution in [0.3, 0.4) is 0 Å². The van der Waals surface area contributed by atoms with E-state index < -0.39 is 17.1 Å². The van der Waals surface area contributed by atoms with Gasteiger partial charge in [-0.1, -0.05) is 26.0 Å². The lowest BCUT2D eigenvalue weighted by Gasteiger charge is -2.28. The van der Waals surface area contributed by atoms with E-state index >= 15 is 0 Å². The first-order chi connectivity index (χ1) is 15.7. The standard InChI is InChI=1S/C26H40N4O4/c1-17(2)28-22(31)14-21-23(26(7,8)16-27-24(32)34-25(4,5)6)18(3)30(29-21)15-19-10-12-20(33-9)13-11-19/h10-13,17H,14-16H2,1-9H3,(H,27,32)(H,28,31).